The minimum absolute atomic E-state index is 0.0241. The van der Waals surface area contributed by atoms with Crippen LogP contribution in [-0.2, 0) is 19.1 Å². The number of carbonyl (C=O) groups excluding carboxylic acids is 3. The van der Waals surface area contributed by atoms with Crippen molar-refractivity contribution in [3.63, 3.8) is 0 Å². The standard InChI is InChI=1S/C24H32O4/c1-3-4-5-6-7-8-9-10-11-12-13-14-15-16-17-18-19-20-21-23(26)28-24(27)22(2)25/h4-5,7-8,10-11,13-14,16-17,19-20H,3,6,9,12,15,18,21H2,1-2H3/b5-4-,8-7-,11-10-,14-13-,17-16-,20-19-. The average Bonchev–Trinajstić information content (AvgIpc) is 2.66. The topological polar surface area (TPSA) is 60.4 Å². The lowest BCUT2D eigenvalue weighted by atomic mass is 10.2. The molecule has 0 saturated heterocycles. The van der Waals surface area contributed by atoms with Gasteiger partial charge in [-0.15, -0.1) is 0 Å². The molecule has 0 heterocycles. The molecule has 4 nitrogen and oxygen atoms in total. The third-order valence-corrected chi connectivity index (χ3v) is 3.38. The maximum atomic E-state index is 11.2. The van der Waals surface area contributed by atoms with Crippen molar-refractivity contribution in [2.45, 2.75) is 58.8 Å². The van der Waals surface area contributed by atoms with Gasteiger partial charge in [0.1, 0.15) is 0 Å². The molecule has 0 aliphatic carbocycles. The Morgan fingerprint density at radius 1 is 0.607 bits per heavy atom. The van der Waals surface area contributed by atoms with E-state index in [1.165, 1.54) is 0 Å². The van der Waals surface area contributed by atoms with Crippen LogP contribution in [0.4, 0.5) is 0 Å². The van der Waals surface area contributed by atoms with Crippen molar-refractivity contribution in [1.82, 2.24) is 0 Å². The summed E-state index contributed by atoms with van der Waals surface area (Å²) >= 11 is 0. The zero-order valence-corrected chi connectivity index (χ0v) is 17.0. The van der Waals surface area contributed by atoms with Crippen molar-refractivity contribution < 1.29 is 19.1 Å². The van der Waals surface area contributed by atoms with Gasteiger partial charge < -0.3 is 4.74 Å². The fraction of sp³-hybridized carbons (Fsp3) is 0.375. The summed E-state index contributed by atoms with van der Waals surface area (Å²) in [6, 6.07) is 0. The first-order valence-corrected chi connectivity index (χ1v) is 9.73. The van der Waals surface area contributed by atoms with Crippen molar-refractivity contribution in [2.75, 3.05) is 0 Å². The van der Waals surface area contributed by atoms with Gasteiger partial charge in [0.15, 0.2) is 0 Å². The summed E-state index contributed by atoms with van der Waals surface area (Å²) in [6.07, 6.45) is 30.3. The number of ether oxygens (including phenoxy) is 1. The molecule has 0 N–H and O–H groups in total. The van der Waals surface area contributed by atoms with Crippen LogP contribution in [0.5, 0.6) is 0 Å². The molecule has 0 rings (SSSR count). The first-order valence-electron chi connectivity index (χ1n) is 9.73. The van der Waals surface area contributed by atoms with Gasteiger partial charge in [-0.2, -0.15) is 0 Å². The Morgan fingerprint density at radius 3 is 1.32 bits per heavy atom. The number of carbonyl (C=O) groups is 3. The molecule has 0 fully saturated rings. The van der Waals surface area contributed by atoms with Gasteiger partial charge in [0.25, 0.3) is 0 Å². The number of hydrogen-bond donors (Lipinski definition) is 0. The number of allylic oxidation sites excluding steroid dienone is 11. The van der Waals surface area contributed by atoms with E-state index in [4.69, 9.17) is 0 Å². The van der Waals surface area contributed by atoms with E-state index in [0.717, 1.165) is 39.0 Å². The maximum absolute atomic E-state index is 11.2. The van der Waals surface area contributed by atoms with Crippen LogP contribution in [0.3, 0.4) is 0 Å². The Hall–Kier alpha value is -2.75. The van der Waals surface area contributed by atoms with Gasteiger partial charge in [0.2, 0.25) is 5.78 Å². The van der Waals surface area contributed by atoms with Crippen LogP contribution in [0.15, 0.2) is 72.9 Å². The van der Waals surface area contributed by atoms with Crippen LogP contribution in [0.25, 0.3) is 0 Å². The summed E-state index contributed by atoms with van der Waals surface area (Å²) in [4.78, 5) is 32.8. The molecular formula is C24H32O4. The molecule has 0 bridgehead atoms. The lowest BCUT2D eigenvalue weighted by molar-refractivity contribution is -0.163. The SMILES string of the molecule is CC/C=C\C/C=C\C/C=C\C/C=C\C/C=C\C/C=C\CC(=O)OC(=O)C(C)=O. The molecule has 0 aromatic rings. The molecule has 0 atom stereocenters. The van der Waals surface area contributed by atoms with Crippen LogP contribution in [0, 0.1) is 0 Å². The van der Waals surface area contributed by atoms with Crippen LogP contribution in [-0.4, -0.2) is 17.7 Å². The van der Waals surface area contributed by atoms with Crippen molar-refractivity contribution in [3.05, 3.63) is 72.9 Å². The van der Waals surface area contributed by atoms with Gasteiger partial charge in [0, 0.05) is 6.92 Å². The molecule has 0 unspecified atom stereocenters. The fourth-order valence-corrected chi connectivity index (χ4v) is 1.92. The number of rotatable bonds is 14. The molecule has 0 amide bonds. The first kappa shape index (κ1) is 25.2. The zero-order valence-electron chi connectivity index (χ0n) is 17.0. The molecule has 152 valence electrons. The lowest BCUT2D eigenvalue weighted by Crippen LogP contribution is -2.18. The van der Waals surface area contributed by atoms with Crippen molar-refractivity contribution in [1.29, 1.82) is 0 Å². The normalized spacial score (nSPS) is 12.5. The lowest BCUT2D eigenvalue weighted by Gasteiger charge is -1.96. The van der Waals surface area contributed by atoms with Crippen LogP contribution in [0.2, 0.25) is 0 Å². The summed E-state index contributed by atoms with van der Waals surface area (Å²) in [7, 11) is 0. The van der Waals surface area contributed by atoms with E-state index in [1.54, 1.807) is 6.08 Å². The van der Waals surface area contributed by atoms with Crippen molar-refractivity contribution >= 4 is 17.7 Å². The number of hydrogen-bond acceptors (Lipinski definition) is 4. The summed E-state index contributed by atoms with van der Waals surface area (Å²) in [5.41, 5.74) is 0. The molecule has 4 heteroatoms. The summed E-state index contributed by atoms with van der Waals surface area (Å²) in [6.45, 7) is 3.20. The molecule has 0 aliphatic rings. The largest absolute Gasteiger partial charge is 0.387 e. The summed E-state index contributed by atoms with van der Waals surface area (Å²) < 4.78 is 4.33. The van der Waals surface area contributed by atoms with E-state index in [-0.39, 0.29) is 6.42 Å². The predicted octanol–water partition coefficient (Wildman–Crippen LogP) is 5.73. The minimum atomic E-state index is -1.11. The monoisotopic (exact) mass is 384 g/mol. The highest BCUT2D eigenvalue weighted by Gasteiger charge is 2.13. The smallest absolute Gasteiger partial charge is 0.381 e. The number of Topliss-reactive ketones (excluding diaryl/α,β-unsaturated/α-hetero) is 1. The van der Waals surface area contributed by atoms with E-state index in [1.807, 2.05) is 12.2 Å². The second-order valence-electron chi connectivity index (χ2n) is 5.94. The zero-order chi connectivity index (χ0) is 20.9. The van der Waals surface area contributed by atoms with Gasteiger partial charge in [-0.3, -0.25) is 9.59 Å². The molecule has 0 aromatic heterocycles. The van der Waals surface area contributed by atoms with Crippen LogP contribution < -0.4 is 0 Å². The Balaban J connectivity index is 3.69. The number of esters is 2. The van der Waals surface area contributed by atoms with E-state index in [9.17, 15) is 14.4 Å². The van der Waals surface area contributed by atoms with Gasteiger partial charge in [-0.1, -0.05) is 79.8 Å². The second-order valence-corrected chi connectivity index (χ2v) is 5.94. The summed E-state index contributed by atoms with van der Waals surface area (Å²) in [5, 5.41) is 0. The highest BCUT2D eigenvalue weighted by Crippen LogP contribution is 1.97. The second kappa shape index (κ2) is 19.0. The molecule has 0 aliphatic heterocycles. The van der Waals surface area contributed by atoms with Crippen molar-refractivity contribution in [2.24, 2.45) is 0 Å². The van der Waals surface area contributed by atoms with E-state index in [0.29, 0.717) is 6.42 Å². The third kappa shape index (κ3) is 18.1. The Labute approximate surface area is 169 Å². The Kier molecular flexibility index (Phi) is 17.2. The Morgan fingerprint density at radius 2 is 0.964 bits per heavy atom. The first-order chi connectivity index (χ1) is 13.6. The molecule has 0 radical (unpaired) electrons. The predicted molar refractivity (Wildman–Crippen MR) is 115 cm³/mol. The van der Waals surface area contributed by atoms with Crippen LogP contribution in [0.1, 0.15) is 58.8 Å². The highest BCUT2D eigenvalue weighted by molar-refractivity contribution is 6.34. The molecule has 0 aromatic carbocycles. The van der Waals surface area contributed by atoms with Crippen molar-refractivity contribution in [3.8, 4) is 0 Å². The van der Waals surface area contributed by atoms with Gasteiger partial charge in [-0.05, 0) is 38.5 Å². The van der Waals surface area contributed by atoms with Gasteiger partial charge >= 0.3 is 11.9 Å². The molecule has 0 saturated carbocycles. The molecule has 0 spiro atoms. The molecule has 28 heavy (non-hydrogen) atoms. The molecular weight excluding hydrogens is 352 g/mol. The van der Waals surface area contributed by atoms with E-state index >= 15 is 0 Å². The van der Waals surface area contributed by atoms with Gasteiger partial charge in [-0.25, -0.2) is 4.79 Å². The maximum Gasteiger partial charge on any atom is 0.381 e. The Bertz CT molecular complexity index is 631. The average molecular weight is 385 g/mol. The quantitative estimate of drug-likeness (QED) is 0.166. The fourth-order valence-electron chi connectivity index (χ4n) is 1.92. The van der Waals surface area contributed by atoms with E-state index in [2.05, 4.69) is 66.3 Å². The minimum Gasteiger partial charge on any atom is -0.387 e. The van der Waals surface area contributed by atoms with Crippen LogP contribution >= 0.6 is 0 Å². The third-order valence-electron chi connectivity index (χ3n) is 3.38. The highest BCUT2D eigenvalue weighted by atomic mass is 16.6. The summed E-state index contributed by atoms with van der Waals surface area (Å²) in [5.74, 6) is -2.62. The number of ketones is 1. The van der Waals surface area contributed by atoms with Gasteiger partial charge in [0.05, 0.1) is 6.42 Å². The van der Waals surface area contributed by atoms with E-state index < -0.39 is 17.7 Å².